The molecule has 1 fully saturated rings. The van der Waals surface area contributed by atoms with Crippen molar-refractivity contribution in [3.05, 3.63) is 168 Å². The van der Waals surface area contributed by atoms with Crippen molar-refractivity contribution in [1.82, 2.24) is 108 Å². The van der Waals surface area contributed by atoms with E-state index in [4.69, 9.17) is 28.0 Å². The number of aliphatic hydroxyl groups is 1. The van der Waals surface area contributed by atoms with Gasteiger partial charge in [-0.25, -0.2) is 15.0 Å². The number of guanidine groups is 2. The number of primary amides is 1. The molecule has 0 radical (unpaired) electrons. The van der Waals surface area contributed by atoms with Crippen molar-refractivity contribution in [2.45, 2.75) is 144 Å². The van der Waals surface area contributed by atoms with Gasteiger partial charge in [0.1, 0.15) is 72.2 Å². The topological polar surface area (TPSA) is 643 Å². The molecule has 0 unspecified atom stereocenters. The van der Waals surface area contributed by atoms with Crippen molar-refractivity contribution < 1.29 is 77.3 Å². The average Bonchev–Trinajstić information content (AvgIpc) is 1.26. The Hall–Kier alpha value is -14.0. The molecule has 8 rings (SSSR count). The second kappa shape index (κ2) is 47.1. The van der Waals surface area contributed by atoms with Crippen LogP contribution in [0.4, 0.5) is 0 Å². The first-order chi connectivity index (χ1) is 58.9. The Morgan fingerprint density at radius 2 is 1.05 bits per heavy atom. The number of aliphatic hydroxyl groups excluding tert-OH is 1. The number of amides is 14. The Morgan fingerprint density at radius 3 is 1.67 bits per heavy atom. The van der Waals surface area contributed by atoms with Crippen LogP contribution in [0, 0.1) is 10.8 Å². The monoisotopic (exact) mass is 1720 g/mol. The first-order valence-electron chi connectivity index (χ1n) is 39.5. The van der Waals surface area contributed by atoms with Gasteiger partial charge < -0.3 is 121 Å². The lowest BCUT2D eigenvalue weighted by Gasteiger charge is -2.34. The summed E-state index contributed by atoms with van der Waals surface area (Å²) >= 11 is 0.800. The molecule has 0 bridgehead atoms. The van der Waals surface area contributed by atoms with Gasteiger partial charge in [0.2, 0.25) is 82.7 Å². The molecule has 3 aromatic heterocycles. The fourth-order valence-corrected chi connectivity index (χ4v) is 14.3. The number of phenols is 1. The number of aryl methyl sites for hydroxylation is 1. The largest absolute Gasteiger partial charge is 0.508 e. The normalized spacial score (nSPS) is 21.7. The van der Waals surface area contributed by atoms with Crippen LogP contribution in [0.15, 0.2) is 135 Å². The fraction of sp³-hybridized carbons (Fsp3) is 0.412. The van der Waals surface area contributed by atoms with E-state index in [9.17, 15) is 48.6 Å². The van der Waals surface area contributed by atoms with Crippen molar-refractivity contribution in [3.8, 4) is 5.75 Å². The number of nitrogens with two attached hydrogens (primary N) is 3. The van der Waals surface area contributed by atoms with Gasteiger partial charge in [-0.3, -0.25) is 77.9 Å². The van der Waals surface area contributed by atoms with Gasteiger partial charge in [-0.15, -0.1) is 11.8 Å². The molecule has 1 aliphatic heterocycles. The van der Waals surface area contributed by atoms with Gasteiger partial charge in [-0.05, 0) is 71.7 Å². The molecule has 43 heteroatoms. The van der Waals surface area contributed by atoms with Gasteiger partial charge in [0.25, 0.3) is 0 Å². The van der Waals surface area contributed by atoms with Crippen LogP contribution in [0.25, 0.3) is 10.8 Å². The van der Waals surface area contributed by atoms with Crippen LogP contribution >= 0.6 is 11.8 Å². The highest BCUT2D eigenvalue weighted by molar-refractivity contribution is 8.00. The third kappa shape index (κ3) is 29.4. The van der Waals surface area contributed by atoms with Crippen LogP contribution in [0.3, 0.4) is 0 Å². The third-order valence-electron chi connectivity index (χ3n) is 20.1. The van der Waals surface area contributed by atoms with Crippen molar-refractivity contribution in [2.75, 3.05) is 58.4 Å². The number of hydrogen-bond donors (Lipinski definition) is 22. The minimum Gasteiger partial charge on any atom is -0.508 e. The van der Waals surface area contributed by atoms with Gasteiger partial charge in [0, 0.05) is 103 Å². The maximum Gasteiger partial charge on any atom is 0.245 e. The van der Waals surface area contributed by atoms with E-state index < -0.39 is 192 Å². The Kier molecular flexibility index (Phi) is 36.2. The summed E-state index contributed by atoms with van der Waals surface area (Å²) in [5.74, 6) is -15.5. The maximum absolute atomic E-state index is 15.6. The Balaban J connectivity index is 1.20. The molecule has 658 valence electrons. The number of nitrogens with zero attached hydrogens (tertiary/aromatic N) is 6. The molecule has 4 heterocycles. The van der Waals surface area contributed by atoms with Crippen LogP contribution in [0.5, 0.6) is 5.75 Å². The number of fused-ring (bicyclic) bond motifs is 1. The van der Waals surface area contributed by atoms with Gasteiger partial charge in [-0.1, -0.05) is 91.9 Å². The van der Waals surface area contributed by atoms with Gasteiger partial charge in [0.15, 0.2) is 11.9 Å². The van der Waals surface area contributed by atoms with Crippen LogP contribution in [-0.4, -0.2) is 269 Å². The van der Waals surface area contributed by atoms with Crippen molar-refractivity contribution in [3.63, 3.8) is 0 Å². The lowest BCUT2D eigenvalue weighted by molar-refractivity contribution is -0.145. The molecule has 1 aliphatic rings. The molecular formula is C80H106N26O16S. The predicted octanol–water partition coefficient (Wildman–Crippen LogP) is -5.11. The minimum atomic E-state index is -1.86. The lowest BCUT2D eigenvalue weighted by Crippen LogP contribution is -2.61. The number of carbonyl (C=O) groups excluding carboxylic acids is 14. The van der Waals surface area contributed by atoms with Crippen LogP contribution in [0.2, 0.25) is 0 Å². The number of benzene rings is 4. The highest BCUT2D eigenvalue weighted by Crippen LogP contribution is 2.23. The smallest absolute Gasteiger partial charge is 0.245 e. The minimum absolute atomic E-state index is 0.00197. The molecule has 1 saturated heterocycles. The van der Waals surface area contributed by atoms with Gasteiger partial charge in [0.05, 0.1) is 55.8 Å². The molecule has 7 aromatic rings. The molecule has 0 saturated carbocycles. The zero-order valence-electron chi connectivity index (χ0n) is 68.2. The first kappa shape index (κ1) is 94.5. The molecule has 14 amide bonds. The van der Waals surface area contributed by atoms with Gasteiger partial charge in [-0.2, -0.15) is 0 Å². The number of thioether (sulfide) groups is 1. The first-order valence-corrected chi connectivity index (χ1v) is 40.7. The zero-order chi connectivity index (χ0) is 89.2. The molecule has 4 aromatic carbocycles. The van der Waals surface area contributed by atoms with Crippen molar-refractivity contribution >= 4 is 117 Å². The zero-order valence-corrected chi connectivity index (χ0v) is 69.0. The molecule has 25 N–H and O–H groups in total. The summed E-state index contributed by atoms with van der Waals surface area (Å²) in [6, 6.07) is 9.10. The summed E-state index contributed by atoms with van der Waals surface area (Å²) < 4.78 is 1.54. The summed E-state index contributed by atoms with van der Waals surface area (Å²) in [5, 5.41) is 72.3. The summed E-state index contributed by atoms with van der Waals surface area (Å²) in [6.45, 7) is -1.21. The van der Waals surface area contributed by atoms with E-state index in [0.717, 1.165) is 26.9 Å². The Bertz CT molecular complexity index is 4820. The van der Waals surface area contributed by atoms with E-state index in [1.807, 2.05) is 18.2 Å². The van der Waals surface area contributed by atoms with E-state index in [1.165, 1.54) is 75.9 Å². The summed E-state index contributed by atoms with van der Waals surface area (Å²) in [6.07, 6.45) is 6.00. The molecule has 123 heavy (non-hydrogen) atoms. The summed E-state index contributed by atoms with van der Waals surface area (Å²) in [7, 11) is 4.07. The molecular weight excluding hydrogens is 1610 g/mol. The Morgan fingerprint density at radius 1 is 0.528 bits per heavy atom. The number of imidazole rings is 3. The van der Waals surface area contributed by atoms with E-state index >= 15 is 28.8 Å². The van der Waals surface area contributed by atoms with Crippen molar-refractivity contribution in [1.29, 1.82) is 10.8 Å². The maximum atomic E-state index is 15.6. The third-order valence-corrected chi connectivity index (χ3v) is 21.1. The van der Waals surface area contributed by atoms with Crippen LogP contribution in [-0.2, 0) is 113 Å². The quantitative estimate of drug-likeness (QED) is 0.0145. The predicted molar refractivity (Wildman–Crippen MR) is 450 cm³/mol. The highest BCUT2D eigenvalue weighted by Gasteiger charge is 2.41. The summed E-state index contributed by atoms with van der Waals surface area (Å²) in [4.78, 5) is 226. The van der Waals surface area contributed by atoms with E-state index in [2.05, 4.69) is 94.0 Å². The average molecular weight is 1720 g/mol. The number of H-pyrrole nitrogens is 2. The van der Waals surface area contributed by atoms with E-state index in [0.29, 0.717) is 27.8 Å². The number of likely N-dealkylation sites (N-methyl/N-ethyl adjacent to an activating group) is 2. The van der Waals surface area contributed by atoms with Crippen LogP contribution in [0.1, 0.15) is 72.8 Å². The van der Waals surface area contributed by atoms with E-state index in [1.54, 1.807) is 73.1 Å². The number of aromatic nitrogens is 6. The van der Waals surface area contributed by atoms with Gasteiger partial charge >= 0.3 is 0 Å². The Labute approximate surface area is 711 Å². The lowest BCUT2D eigenvalue weighted by atomic mass is 9.97. The fourth-order valence-electron chi connectivity index (χ4n) is 13.4. The molecule has 42 nitrogen and oxygen atoms in total. The summed E-state index contributed by atoms with van der Waals surface area (Å²) in [5.41, 5.74) is 19.0. The number of nitrogens with one attached hydrogen (secondary N) is 17. The van der Waals surface area contributed by atoms with E-state index in [-0.39, 0.29) is 101 Å². The second-order valence-corrected chi connectivity index (χ2v) is 30.2. The number of hydrogen-bond acceptors (Lipinski definition) is 22. The second-order valence-electron chi connectivity index (χ2n) is 29.2. The van der Waals surface area contributed by atoms with Crippen molar-refractivity contribution in [2.24, 2.45) is 24.2 Å². The molecule has 0 spiro atoms. The number of aromatic amines is 2. The molecule has 11 atom stereocenters. The standard InChI is InChI=1S/C80H106N26O16S/c1-5-54-70(114)99-57(30-48-18-11-17-47-16-9-10-19-53(47)48)72(116)100-58(31-49-34-86-42-93-49)68(112)92-38-66(110)96-61(39-107)74(118)98-55(20-12-26-89-79(82)83)77(121)106(4)64(29-46-22-24-52(108)25-23-46)76(120)102-60(32-50-35-87-43-94-50)78(122)105(3)63(21-13-27-90-80(84)85)75(119)101-59(33-51-36-88-44-104(51)2)73(117)103-62(69(113)91-37-65(81)109)40-123-41-67(111)95-56(71(115)97-54)28-45-14-7-6-8-15-45/h6-11,14-19,22-25,34-36,42-44,54-64,107-108H,5,12-13,20-21,26-33,37-41H2,1-4H3,(H2,81,109)(H,86,93)(H,87,94)(H,91,113)(H,92,112)(H,95,111)(H,96,110)(H,97,115)(H,98,118)(H,99,114)(H,100,116)(H,101,119)(H,102,120)(H,103,117)(H4,82,83,89)(H4,84,85,90)/t54-,55-,56-,57-,58-,59-,60-,61-,62-,63-,64-/m0/s1. The number of carbonyl (C=O) groups is 14. The SMILES string of the molecule is CC[C@@H]1NC(=O)[C@H](Cc2ccccc2)NC(=O)CSC[C@@H](C(=O)NCC(N)=O)NC(=O)[C@H](Cc2cncn2C)NC(=O)[C@H](CCCNC(=N)N)N(C)C(=O)[C@H](Cc2c[nH]cn2)NC(=O)[C@H](Cc2ccc(O)cc2)N(C)C(=O)[C@H](CCCNC(=N)N)NC(=O)[C@H](CO)NC(=O)CNC(=O)[C@H](Cc2c[nH]cn2)NC(=O)[C@H](Cc2cccc3ccccc23)NC1=O. The number of phenolic OH excluding ortho intramolecular Hbond substituents is 1. The number of rotatable bonds is 25. The molecule has 0 aliphatic carbocycles. The van der Waals surface area contributed by atoms with Crippen LogP contribution < -0.4 is 86.3 Å². The number of aromatic hydroxyl groups is 1. The highest BCUT2D eigenvalue weighted by atomic mass is 32.2.